The fourth-order valence-electron chi connectivity index (χ4n) is 1.69. The van der Waals surface area contributed by atoms with Gasteiger partial charge >= 0.3 is 0 Å². The highest BCUT2D eigenvalue weighted by atomic mass is 79.9. The molecule has 0 aliphatic heterocycles. The number of halogens is 1. The summed E-state index contributed by atoms with van der Waals surface area (Å²) >= 11 is 6.76. The lowest BCUT2D eigenvalue weighted by molar-refractivity contribution is 0.641. The van der Waals surface area contributed by atoms with Gasteiger partial charge in [-0.1, -0.05) is 21.1 Å². The summed E-state index contributed by atoms with van der Waals surface area (Å²) in [6, 6.07) is 2.09. The number of thiophene rings is 1. The molecule has 0 unspecified atom stereocenters. The molecule has 0 saturated heterocycles. The molecule has 0 N–H and O–H groups in total. The van der Waals surface area contributed by atoms with Gasteiger partial charge in [0.1, 0.15) is 5.01 Å². The number of rotatable bonds is 5. The van der Waals surface area contributed by atoms with E-state index in [0.29, 0.717) is 6.54 Å². The minimum atomic E-state index is 0.677. The summed E-state index contributed by atoms with van der Waals surface area (Å²) in [7, 11) is 0. The molecule has 0 saturated carbocycles. The fraction of sp³-hybridized carbons (Fsp3) is 0.250. The van der Waals surface area contributed by atoms with E-state index in [1.165, 1.54) is 5.56 Å². The predicted molar refractivity (Wildman–Crippen MR) is 82.0 cm³/mol. The first-order chi connectivity index (χ1) is 9.35. The van der Waals surface area contributed by atoms with E-state index in [4.69, 9.17) is 0 Å². The van der Waals surface area contributed by atoms with E-state index in [1.54, 1.807) is 22.7 Å². The van der Waals surface area contributed by atoms with Crippen molar-refractivity contribution in [3.05, 3.63) is 39.8 Å². The van der Waals surface area contributed by atoms with Crippen molar-refractivity contribution in [1.82, 2.24) is 20.0 Å². The molecule has 19 heavy (non-hydrogen) atoms. The second-order valence-corrected chi connectivity index (χ2v) is 6.43. The Morgan fingerprint density at radius 2 is 2.21 bits per heavy atom. The van der Waals surface area contributed by atoms with Crippen LogP contribution in [0, 0.1) is 0 Å². The van der Waals surface area contributed by atoms with Crippen molar-refractivity contribution in [2.75, 3.05) is 5.33 Å². The smallest absolute Gasteiger partial charge is 0.124 e. The van der Waals surface area contributed by atoms with Gasteiger partial charge in [-0.3, -0.25) is 0 Å². The summed E-state index contributed by atoms with van der Waals surface area (Å²) in [6.07, 6.45) is 2.88. The third kappa shape index (κ3) is 3.10. The van der Waals surface area contributed by atoms with Crippen LogP contribution in [0.1, 0.15) is 11.4 Å². The van der Waals surface area contributed by atoms with E-state index in [2.05, 4.69) is 53.4 Å². The molecule has 0 aliphatic rings. The molecule has 0 aliphatic carbocycles. The molecule has 98 valence electrons. The van der Waals surface area contributed by atoms with E-state index >= 15 is 0 Å². The zero-order valence-electron chi connectivity index (χ0n) is 9.99. The number of aryl methyl sites for hydroxylation is 1. The maximum atomic E-state index is 4.63. The summed E-state index contributed by atoms with van der Waals surface area (Å²) in [4.78, 5) is 4.63. The standard InChI is InChI=1S/C12H11BrN4S2/c13-3-1-10-5-17(16-15-10)6-11-8-19-12(14-11)9-2-4-18-7-9/h2,4-5,7-8H,1,3,6H2. The lowest BCUT2D eigenvalue weighted by Crippen LogP contribution is -2.00. The summed E-state index contributed by atoms with van der Waals surface area (Å²) in [6.45, 7) is 0.677. The van der Waals surface area contributed by atoms with Crippen molar-refractivity contribution in [1.29, 1.82) is 0 Å². The van der Waals surface area contributed by atoms with Crippen LogP contribution in [0.5, 0.6) is 0 Å². The van der Waals surface area contributed by atoms with Gasteiger partial charge in [0.15, 0.2) is 0 Å². The molecule has 0 atom stereocenters. The van der Waals surface area contributed by atoms with Crippen LogP contribution in [-0.2, 0) is 13.0 Å². The molecule has 3 aromatic heterocycles. The highest BCUT2D eigenvalue weighted by molar-refractivity contribution is 9.09. The Morgan fingerprint density at radius 1 is 1.26 bits per heavy atom. The molecule has 0 spiro atoms. The molecular formula is C12H11BrN4S2. The van der Waals surface area contributed by atoms with Crippen LogP contribution in [0.3, 0.4) is 0 Å². The lowest BCUT2D eigenvalue weighted by Gasteiger charge is -1.95. The molecule has 3 heterocycles. The van der Waals surface area contributed by atoms with Gasteiger partial charge in [0, 0.05) is 34.3 Å². The van der Waals surface area contributed by atoms with Crippen LogP contribution in [0.15, 0.2) is 28.4 Å². The molecule has 0 aromatic carbocycles. The number of nitrogens with zero attached hydrogens (tertiary/aromatic N) is 4. The average Bonchev–Trinajstić information content (AvgIpc) is 3.10. The molecular weight excluding hydrogens is 344 g/mol. The first-order valence-corrected chi connectivity index (χ1v) is 8.71. The molecule has 4 nitrogen and oxygen atoms in total. The molecule has 3 rings (SSSR count). The third-order valence-corrected chi connectivity index (χ3v) is 4.60. The number of aromatic nitrogens is 4. The molecule has 0 bridgehead atoms. The van der Waals surface area contributed by atoms with Gasteiger partial charge < -0.3 is 0 Å². The molecule has 0 radical (unpaired) electrons. The minimum absolute atomic E-state index is 0.677. The van der Waals surface area contributed by atoms with Crippen LogP contribution < -0.4 is 0 Å². The van der Waals surface area contributed by atoms with Crippen LogP contribution in [0.25, 0.3) is 10.6 Å². The number of alkyl halides is 1. The number of hydrogen-bond acceptors (Lipinski definition) is 5. The molecule has 7 heteroatoms. The molecule has 0 amide bonds. The maximum absolute atomic E-state index is 4.63. The minimum Gasteiger partial charge on any atom is -0.246 e. The highest BCUT2D eigenvalue weighted by Crippen LogP contribution is 2.25. The van der Waals surface area contributed by atoms with Crippen LogP contribution in [-0.4, -0.2) is 25.3 Å². The summed E-state index contributed by atoms with van der Waals surface area (Å²) < 4.78 is 1.84. The summed E-state index contributed by atoms with van der Waals surface area (Å²) in [5.74, 6) is 0. The Bertz CT molecular complexity index is 644. The Labute approximate surface area is 127 Å². The summed E-state index contributed by atoms with van der Waals surface area (Å²) in [5, 5.41) is 16.5. The lowest BCUT2D eigenvalue weighted by atomic mass is 10.3. The van der Waals surface area contributed by atoms with Gasteiger partial charge in [0.2, 0.25) is 0 Å². The van der Waals surface area contributed by atoms with E-state index in [0.717, 1.165) is 28.1 Å². The van der Waals surface area contributed by atoms with Crippen LogP contribution in [0.2, 0.25) is 0 Å². The largest absolute Gasteiger partial charge is 0.246 e. The highest BCUT2D eigenvalue weighted by Gasteiger charge is 2.07. The van der Waals surface area contributed by atoms with Gasteiger partial charge in [0.25, 0.3) is 0 Å². The van der Waals surface area contributed by atoms with E-state index in [1.807, 2.05) is 10.9 Å². The van der Waals surface area contributed by atoms with Gasteiger partial charge in [-0.25, -0.2) is 9.67 Å². The first-order valence-electron chi connectivity index (χ1n) is 5.77. The second-order valence-electron chi connectivity index (χ2n) is 4.00. The van der Waals surface area contributed by atoms with E-state index < -0.39 is 0 Å². The average molecular weight is 355 g/mol. The van der Waals surface area contributed by atoms with E-state index in [9.17, 15) is 0 Å². The van der Waals surface area contributed by atoms with Crippen molar-refractivity contribution in [3.8, 4) is 10.6 Å². The number of thiazole rings is 1. The number of hydrogen-bond donors (Lipinski definition) is 0. The van der Waals surface area contributed by atoms with Gasteiger partial charge in [-0.05, 0) is 11.4 Å². The zero-order valence-corrected chi connectivity index (χ0v) is 13.2. The topological polar surface area (TPSA) is 43.6 Å². The van der Waals surface area contributed by atoms with Crippen molar-refractivity contribution < 1.29 is 0 Å². The Balaban J connectivity index is 1.72. The first kappa shape index (κ1) is 13.0. The van der Waals surface area contributed by atoms with Crippen LogP contribution >= 0.6 is 38.6 Å². The zero-order chi connectivity index (χ0) is 13.1. The summed E-state index contributed by atoms with van der Waals surface area (Å²) in [5.41, 5.74) is 3.23. The third-order valence-electron chi connectivity index (χ3n) is 2.58. The van der Waals surface area contributed by atoms with Crippen molar-refractivity contribution in [2.24, 2.45) is 0 Å². The fourth-order valence-corrected chi connectivity index (χ4v) is 3.62. The van der Waals surface area contributed by atoms with Crippen molar-refractivity contribution in [2.45, 2.75) is 13.0 Å². The Hall–Kier alpha value is -1.05. The van der Waals surface area contributed by atoms with Crippen LogP contribution in [0.4, 0.5) is 0 Å². The van der Waals surface area contributed by atoms with Crippen molar-refractivity contribution >= 4 is 38.6 Å². The van der Waals surface area contributed by atoms with Gasteiger partial charge in [-0.15, -0.1) is 16.4 Å². The normalized spacial score (nSPS) is 11.0. The Morgan fingerprint density at radius 3 is 3.00 bits per heavy atom. The Kier molecular flexibility index (Phi) is 4.05. The van der Waals surface area contributed by atoms with Gasteiger partial charge in [0.05, 0.1) is 17.9 Å². The SMILES string of the molecule is BrCCc1cn(Cc2csc(-c3ccsc3)n2)nn1. The molecule has 0 fully saturated rings. The predicted octanol–water partition coefficient (Wildman–Crippen LogP) is 3.45. The molecule has 3 aromatic rings. The monoisotopic (exact) mass is 354 g/mol. The van der Waals surface area contributed by atoms with E-state index in [-0.39, 0.29) is 0 Å². The quantitative estimate of drug-likeness (QED) is 0.659. The second kappa shape index (κ2) is 5.94. The maximum Gasteiger partial charge on any atom is 0.124 e. The van der Waals surface area contributed by atoms with Crippen molar-refractivity contribution in [3.63, 3.8) is 0 Å². The van der Waals surface area contributed by atoms with Gasteiger partial charge in [-0.2, -0.15) is 11.3 Å².